The Kier molecular flexibility index (Phi) is 25.4. The maximum absolute atomic E-state index is 15.5. The van der Waals surface area contributed by atoms with Gasteiger partial charge >= 0.3 is 30.8 Å². The molecule has 22 heteroatoms. The molecule has 0 bridgehead atoms. The Morgan fingerprint density at radius 1 is 0.535 bits per heavy atom. The molecule has 4 aliphatic rings. The maximum Gasteiger partial charge on any atom is 1.00 e. The predicted octanol–water partition coefficient (Wildman–Crippen LogP) is 11.6. The molecule has 514 valence electrons. The number of esters is 1. The van der Waals surface area contributed by atoms with Crippen LogP contribution >= 0.6 is 0 Å². The van der Waals surface area contributed by atoms with E-state index in [1.54, 1.807) is 87.0 Å². The Morgan fingerprint density at radius 3 is 1.35 bits per heavy atom. The Hall–Kier alpha value is -9.30. The summed E-state index contributed by atoms with van der Waals surface area (Å²) in [6.45, 7) is 7.46. The fraction of sp³-hybridized carbons (Fsp3) is 0.325. The fourth-order valence-electron chi connectivity index (χ4n) is 12.7. The number of halogens is 2. The van der Waals surface area contributed by atoms with Crippen LogP contribution in [-0.2, 0) is 47.7 Å². The number of nitrogens with one attached hydrogen (secondary N) is 4. The summed E-state index contributed by atoms with van der Waals surface area (Å²) in [5.74, 6) is 0.847. The molecular weight excluding hydrogens is 1270 g/mol. The number of carbonyl (C=O) groups is 4. The summed E-state index contributed by atoms with van der Waals surface area (Å²) in [6, 6.07) is 44.0. The first-order chi connectivity index (χ1) is 46.9. The van der Waals surface area contributed by atoms with Crippen molar-refractivity contribution in [2.45, 2.75) is 101 Å². The average molecular weight is 1350 g/mol. The van der Waals surface area contributed by atoms with Gasteiger partial charge in [-0.2, -0.15) is 0 Å². The zero-order chi connectivity index (χ0) is 68.1. The molecule has 19 nitrogen and oxygen atoms in total. The van der Waals surface area contributed by atoms with Crippen LogP contribution < -0.4 is 68.5 Å². The molecule has 2 saturated heterocycles. The largest absolute Gasteiger partial charge is 1.00 e. The number of anilines is 2. The van der Waals surface area contributed by atoms with E-state index in [2.05, 4.69) is 21.3 Å². The number of aromatic carboxylic acids is 1. The second-order valence-corrected chi connectivity index (χ2v) is 24.9. The number of hydrogen-bond acceptors (Lipinski definition) is 16. The molecule has 99 heavy (non-hydrogen) atoms. The molecular formula is C77H81F2LiN4O15. The van der Waals surface area contributed by atoms with Gasteiger partial charge in [0.15, 0.2) is 23.0 Å². The van der Waals surface area contributed by atoms with Crippen LogP contribution in [0.1, 0.15) is 108 Å². The van der Waals surface area contributed by atoms with E-state index in [1.165, 1.54) is 31.4 Å². The molecule has 0 saturated carbocycles. The van der Waals surface area contributed by atoms with E-state index in [1.807, 2.05) is 74.5 Å². The van der Waals surface area contributed by atoms with Crippen molar-refractivity contribution in [1.82, 2.24) is 10.6 Å². The zero-order valence-electron chi connectivity index (χ0n) is 56.4. The van der Waals surface area contributed by atoms with Gasteiger partial charge in [-0.25, -0.2) is 18.4 Å². The molecule has 4 heterocycles. The molecule has 0 aromatic heterocycles. The minimum absolute atomic E-state index is 0. The van der Waals surface area contributed by atoms with E-state index in [-0.39, 0.29) is 78.3 Å². The summed E-state index contributed by atoms with van der Waals surface area (Å²) in [4.78, 5) is 49.7. The topological polar surface area (TPSA) is 250 Å². The van der Waals surface area contributed by atoms with E-state index in [4.69, 9.17) is 42.6 Å². The quantitative estimate of drug-likeness (QED) is 0.0312. The van der Waals surface area contributed by atoms with Gasteiger partial charge in [0.05, 0.1) is 44.7 Å². The molecule has 2 fully saturated rings. The van der Waals surface area contributed by atoms with Crippen molar-refractivity contribution in [1.29, 1.82) is 0 Å². The molecule has 4 aliphatic heterocycles. The van der Waals surface area contributed by atoms with Gasteiger partial charge in [0.25, 0.3) is 0 Å². The second-order valence-electron chi connectivity index (χ2n) is 24.9. The van der Waals surface area contributed by atoms with Gasteiger partial charge in [0.2, 0.25) is 11.8 Å². The maximum atomic E-state index is 15.5. The molecule has 4 atom stereocenters. The molecule has 2 amide bonds. The Labute approximate surface area is 586 Å². The van der Waals surface area contributed by atoms with Crippen molar-refractivity contribution in [3.63, 3.8) is 0 Å². The number of amides is 2. The van der Waals surface area contributed by atoms with Gasteiger partial charge in [0.1, 0.15) is 47.8 Å². The van der Waals surface area contributed by atoms with Crippen molar-refractivity contribution >= 4 is 35.1 Å². The monoisotopic (exact) mass is 1350 g/mol. The first kappa shape index (κ1) is 73.9. The number of hydrogen-bond donors (Lipinski definition) is 5. The van der Waals surface area contributed by atoms with Crippen LogP contribution in [0.25, 0.3) is 22.3 Å². The van der Waals surface area contributed by atoms with E-state index < -0.39 is 34.7 Å². The summed E-state index contributed by atoms with van der Waals surface area (Å²) in [5.41, 5.74) is 6.03. The number of fused-ring (bicyclic) bond motifs is 2. The third-order valence-corrected chi connectivity index (χ3v) is 17.9. The van der Waals surface area contributed by atoms with E-state index in [0.717, 1.165) is 73.6 Å². The number of ether oxygens (including phenoxy) is 9. The predicted molar refractivity (Wildman–Crippen MR) is 366 cm³/mol. The summed E-state index contributed by atoms with van der Waals surface area (Å²) in [5, 5.41) is 22.2. The molecule has 0 aliphatic carbocycles. The summed E-state index contributed by atoms with van der Waals surface area (Å²) in [7, 11) is 4.48. The van der Waals surface area contributed by atoms with E-state index in [9.17, 15) is 24.3 Å². The smallest absolute Gasteiger partial charge is 0.870 e. The van der Waals surface area contributed by atoms with Crippen molar-refractivity contribution in [3.05, 3.63) is 203 Å². The minimum Gasteiger partial charge on any atom is -0.870 e. The molecule has 12 rings (SSSR count). The van der Waals surface area contributed by atoms with Crippen molar-refractivity contribution in [2.75, 3.05) is 71.5 Å². The third kappa shape index (κ3) is 18.7. The summed E-state index contributed by atoms with van der Waals surface area (Å²) >= 11 is 0. The molecule has 0 spiro atoms. The number of rotatable bonds is 22. The number of carbonyl (C=O) groups excluding carboxylic acids is 3. The average Bonchev–Trinajstić information content (AvgIpc) is 0.772. The van der Waals surface area contributed by atoms with Gasteiger partial charge in [0, 0.05) is 97.0 Å². The van der Waals surface area contributed by atoms with E-state index >= 15 is 8.78 Å². The number of carboxylic acids is 1. The van der Waals surface area contributed by atoms with Gasteiger partial charge < -0.3 is 74.5 Å². The van der Waals surface area contributed by atoms with Crippen LogP contribution in [0.5, 0.6) is 46.0 Å². The summed E-state index contributed by atoms with van der Waals surface area (Å²) < 4.78 is 83.5. The third-order valence-electron chi connectivity index (χ3n) is 17.9. The Morgan fingerprint density at radius 2 is 0.970 bits per heavy atom. The van der Waals surface area contributed by atoms with Crippen LogP contribution in [-0.4, -0.2) is 107 Å². The Bertz CT molecular complexity index is 4130. The van der Waals surface area contributed by atoms with Crippen molar-refractivity contribution < 1.29 is 100 Å². The van der Waals surface area contributed by atoms with Gasteiger partial charge in [-0.05, 0) is 196 Å². The van der Waals surface area contributed by atoms with E-state index in [0.29, 0.717) is 113 Å². The zero-order valence-corrected chi connectivity index (χ0v) is 56.4. The van der Waals surface area contributed by atoms with Crippen LogP contribution in [0, 0.1) is 11.6 Å². The standard InChI is InChI=1S/C39H41FN2O7.C38H39FN2O7.Li.H2O/c1-39(23-37(43)42-28-7-6-9-29(20-28)45-2)33-22-36(35(19-27(33)16-17-41-39)48-24-31-8-4-5-18-47-31)49-30-14-15-32(34(40)21-30)25-10-12-26(13-11-25)38(44)46-3;1-38(22-36(42)41-27-6-5-8-28(19-27)45-2)32-21-35(34(18-26(32)15-16-40-38)47-23-30-7-3-4-17-46-30)48-29-13-14-31(33(39)20-29)24-9-11-25(12-10-24)37(43)44;;/h6-7,9-15,19-22,31,41H,4-5,8,16-18,23-24H2,1-3H3,(H,42,43);5-6,8-14,18-21,30,40H,3-4,7,15-17,22-23H2,1-2H3,(H,41,42)(H,43,44);;1H2/q;;+1;/p-1/t31?,39-;30?,38-;;/m11../s1. The molecule has 8 aromatic rings. The number of methoxy groups -OCH3 is 3. The molecule has 2 unspecified atom stereocenters. The van der Waals surface area contributed by atoms with Gasteiger partial charge in [-0.1, -0.05) is 36.4 Å². The minimum atomic E-state index is -1.05. The first-order valence-electron chi connectivity index (χ1n) is 32.6. The van der Waals surface area contributed by atoms with Crippen LogP contribution in [0.15, 0.2) is 158 Å². The first-order valence-corrected chi connectivity index (χ1v) is 32.6. The summed E-state index contributed by atoms with van der Waals surface area (Å²) in [6.07, 6.45) is 7.77. The van der Waals surface area contributed by atoms with Crippen LogP contribution in [0.4, 0.5) is 20.2 Å². The van der Waals surface area contributed by atoms with Crippen LogP contribution in [0.3, 0.4) is 0 Å². The normalized spacial score (nSPS) is 18.3. The fourth-order valence-corrected chi connectivity index (χ4v) is 12.7. The van der Waals surface area contributed by atoms with Crippen LogP contribution in [0.2, 0.25) is 0 Å². The second kappa shape index (κ2) is 34.0. The SMILES string of the molecule is COC(=O)c1ccc(-c2ccc(Oc3cc4c(cc3OCC3CCCCO3)CCN[C@]4(C)CC(=O)Nc3cccc(OC)c3)cc2F)cc1.COc1cccc(NC(=O)C[C@@]2(C)NCCc3cc(OCC4CCCCO4)c(Oc4ccc(-c5ccc(C(=O)O)cc5)c(F)c4)cc32)c1.[Li+].[OH-]. The molecule has 0 radical (unpaired) electrons. The van der Waals surface area contributed by atoms with Gasteiger partial charge in [-0.3, -0.25) is 9.59 Å². The number of benzene rings is 8. The molecule has 8 aromatic carbocycles. The van der Waals surface area contributed by atoms with Crippen molar-refractivity contribution in [2.24, 2.45) is 0 Å². The Balaban J connectivity index is 0.000000227. The van der Waals surface area contributed by atoms with Crippen molar-refractivity contribution in [3.8, 4) is 68.2 Å². The molecule has 6 N–H and O–H groups in total. The van der Waals surface area contributed by atoms with Gasteiger partial charge in [-0.15, -0.1) is 0 Å². The number of carboxylic acid groups (broad SMARTS) is 1.